The summed E-state index contributed by atoms with van der Waals surface area (Å²) in [6.45, 7) is 4.36. The average Bonchev–Trinajstić information content (AvgIpc) is 3.34. The maximum Gasteiger partial charge on any atom is 0.275 e. The predicted octanol–water partition coefficient (Wildman–Crippen LogP) is 2.33. The summed E-state index contributed by atoms with van der Waals surface area (Å²) in [6, 6.07) is 5.71. The van der Waals surface area contributed by atoms with Crippen molar-refractivity contribution < 1.29 is 19.0 Å². The molecule has 8 nitrogen and oxygen atoms in total. The van der Waals surface area contributed by atoms with Crippen molar-refractivity contribution >= 4 is 5.91 Å². The summed E-state index contributed by atoms with van der Waals surface area (Å²) in [5.74, 6) is -1.37. The van der Waals surface area contributed by atoms with E-state index in [0.717, 1.165) is 21.6 Å². The van der Waals surface area contributed by atoms with Gasteiger partial charge in [0.15, 0.2) is 11.4 Å². The zero-order chi connectivity index (χ0) is 20.7. The molecule has 1 amide bonds. The molecule has 1 aromatic carbocycles. The van der Waals surface area contributed by atoms with Gasteiger partial charge in [-0.2, -0.15) is 10.2 Å². The van der Waals surface area contributed by atoms with Crippen LogP contribution in [0.15, 0.2) is 30.5 Å². The van der Waals surface area contributed by atoms with Crippen molar-refractivity contribution in [2.75, 3.05) is 6.61 Å². The molecule has 2 aromatic heterocycles. The van der Waals surface area contributed by atoms with Crippen molar-refractivity contribution in [2.45, 2.75) is 32.4 Å². The maximum atomic E-state index is 14.0. The number of rotatable bonds is 4. The van der Waals surface area contributed by atoms with Crippen LogP contribution in [0.1, 0.15) is 40.0 Å². The fraction of sp³-hybridized carbons (Fsp3) is 0.350. The van der Waals surface area contributed by atoms with Crippen molar-refractivity contribution in [3.05, 3.63) is 58.9 Å². The summed E-state index contributed by atoms with van der Waals surface area (Å²) in [4.78, 5) is 12.8. The first-order chi connectivity index (χ1) is 13.9. The number of carbonyl (C=O) groups is 1. The third-order valence-corrected chi connectivity index (χ3v) is 5.27. The maximum absolute atomic E-state index is 14.0. The first kappa shape index (κ1) is 19.1. The van der Waals surface area contributed by atoms with Crippen LogP contribution in [0.25, 0.3) is 5.69 Å². The van der Waals surface area contributed by atoms with E-state index in [1.807, 2.05) is 20.9 Å². The van der Waals surface area contributed by atoms with Crippen molar-refractivity contribution in [1.82, 2.24) is 24.9 Å². The predicted molar refractivity (Wildman–Crippen MR) is 102 cm³/mol. The molecule has 2 atom stereocenters. The Hall–Kier alpha value is -3.20. The number of para-hydroxylation sites is 1. The molecule has 0 saturated carbocycles. The number of hydrogen-bond acceptors (Lipinski definition) is 5. The Kier molecular flexibility index (Phi) is 4.83. The Balaban J connectivity index is 1.57. The lowest BCUT2D eigenvalue weighted by atomic mass is 10.00. The summed E-state index contributed by atoms with van der Waals surface area (Å²) in [7, 11) is 1.86. The van der Waals surface area contributed by atoms with Crippen LogP contribution >= 0.6 is 0 Å². The number of ether oxygens (including phenoxy) is 1. The molecule has 29 heavy (non-hydrogen) atoms. The van der Waals surface area contributed by atoms with Crippen LogP contribution in [0.2, 0.25) is 0 Å². The minimum atomic E-state index is -0.544. The molecule has 1 fully saturated rings. The van der Waals surface area contributed by atoms with E-state index in [9.17, 15) is 14.3 Å². The molecule has 0 radical (unpaired) electrons. The second kappa shape index (κ2) is 7.32. The molecule has 0 unspecified atom stereocenters. The van der Waals surface area contributed by atoms with E-state index in [1.54, 1.807) is 16.8 Å². The van der Waals surface area contributed by atoms with Gasteiger partial charge in [0.25, 0.3) is 5.91 Å². The number of carbonyl (C=O) groups excluding carboxylic acids is 1. The highest BCUT2D eigenvalue weighted by atomic mass is 19.1. The number of nitrogens with one attached hydrogen (secondary N) is 1. The fourth-order valence-corrected chi connectivity index (χ4v) is 3.75. The molecular weight excluding hydrogens is 377 g/mol. The Morgan fingerprint density at radius 1 is 1.31 bits per heavy atom. The highest BCUT2D eigenvalue weighted by Crippen LogP contribution is 2.33. The molecule has 4 rings (SSSR count). The largest absolute Gasteiger partial charge is 0.504 e. The molecule has 9 heteroatoms. The van der Waals surface area contributed by atoms with Gasteiger partial charge in [-0.25, -0.2) is 9.07 Å². The highest BCUT2D eigenvalue weighted by molar-refractivity contribution is 5.95. The standard InChI is InChI=1S/C20H22FN5O3/c1-11-17(12(2)25(3)23-11)19-14(8-9-29-19)22-20(28)18-16(27)10-26(24-18)15-7-5-4-6-13(15)21/h4-7,10,14,19,27H,8-9H2,1-3H3,(H,22,28)/t14-,19-/m1/s1. The van der Waals surface area contributed by atoms with Gasteiger partial charge in [0, 0.05) is 24.9 Å². The van der Waals surface area contributed by atoms with Crippen molar-refractivity contribution in [3.63, 3.8) is 0 Å². The summed E-state index contributed by atoms with van der Waals surface area (Å²) in [5, 5.41) is 21.6. The molecule has 1 aliphatic heterocycles. The van der Waals surface area contributed by atoms with Gasteiger partial charge >= 0.3 is 0 Å². The van der Waals surface area contributed by atoms with Crippen molar-refractivity contribution in [3.8, 4) is 11.4 Å². The average molecular weight is 399 g/mol. The first-order valence-corrected chi connectivity index (χ1v) is 9.33. The van der Waals surface area contributed by atoms with E-state index in [1.165, 1.54) is 18.3 Å². The minimum absolute atomic E-state index is 0.144. The zero-order valence-corrected chi connectivity index (χ0v) is 16.4. The smallest absolute Gasteiger partial charge is 0.275 e. The van der Waals surface area contributed by atoms with Crippen LogP contribution in [0.4, 0.5) is 4.39 Å². The Morgan fingerprint density at radius 3 is 2.76 bits per heavy atom. The van der Waals surface area contributed by atoms with Crippen molar-refractivity contribution in [1.29, 1.82) is 0 Å². The molecule has 152 valence electrons. The monoisotopic (exact) mass is 399 g/mol. The second-order valence-corrected chi connectivity index (χ2v) is 7.13. The highest BCUT2D eigenvalue weighted by Gasteiger charge is 2.35. The molecule has 3 aromatic rings. The van der Waals surface area contributed by atoms with E-state index in [0.29, 0.717) is 13.0 Å². The number of nitrogens with zero attached hydrogens (tertiary/aromatic N) is 4. The summed E-state index contributed by atoms with van der Waals surface area (Å²) in [6.07, 6.45) is 1.51. The van der Waals surface area contributed by atoms with Gasteiger partial charge in [-0.05, 0) is 32.4 Å². The Labute approximate surface area is 166 Å². The molecule has 0 aliphatic carbocycles. The number of hydrogen-bond donors (Lipinski definition) is 2. The second-order valence-electron chi connectivity index (χ2n) is 7.13. The summed E-state index contributed by atoms with van der Waals surface area (Å²) < 4.78 is 22.8. The zero-order valence-electron chi connectivity index (χ0n) is 16.4. The van der Waals surface area contributed by atoms with Crippen LogP contribution in [0.5, 0.6) is 5.75 Å². The Bertz CT molecular complexity index is 1070. The lowest BCUT2D eigenvalue weighted by Gasteiger charge is -2.20. The lowest BCUT2D eigenvalue weighted by molar-refractivity contribution is 0.0811. The van der Waals surface area contributed by atoms with Gasteiger partial charge in [-0.15, -0.1) is 0 Å². The minimum Gasteiger partial charge on any atom is -0.504 e. The van der Waals surface area contributed by atoms with Gasteiger partial charge in [0.2, 0.25) is 0 Å². The van der Waals surface area contributed by atoms with Gasteiger partial charge in [-0.3, -0.25) is 9.48 Å². The topological polar surface area (TPSA) is 94.2 Å². The number of benzene rings is 1. The van der Waals surface area contributed by atoms with Gasteiger partial charge < -0.3 is 15.2 Å². The van der Waals surface area contributed by atoms with Gasteiger partial charge in [-0.1, -0.05) is 12.1 Å². The molecule has 3 heterocycles. The molecule has 0 spiro atoms. The molecule has 0 bridgehead atoms. The first-order valence-electron chi connectivity index (χ1n) is 9.33. The molecule has 2 N–H and O–H groups in total. The van der Waals surface area contributed by atoms with Crippen LogP contribution < -0.4 is 5.32 Å². The van der Waals surface area contributed by atoms with Crippen LogP contribution in [-0.2, 0) is 11.8 Å². The lowest BCUT2D eigenvalue weighted by Crippen LogP contribution is -2.37. The summed E-state index contributed by atoms with van der Waals surface area (Å²) in [5.41, 5.74) is 2.75. The fourth-order valence-electron chi connectivity index (χ4n) is 3.75. The van der Waals surface area contributed by atoms with Crippen LogP contribution in [-0.4, -0.2) is 43.2 Å². The van der Waals surface area contributed by atoms with Gasteiger partial charge in [0.05, 0.1) is 17.9 Å². The van der Waals surface area contributed by atoms with Crippen LogP contribution in [0.3, 0.4) is 0 Å². The summed E-state index contributed by atoms with van der Waals surface area (Å²) >= 11 is 0. The molecule has 1 saturated heterocycles. The normalized spacial score (nSPS) is 18.9. The van der Waals surface area contributed by atoms with Crippen LogP contribution in [0, 0.1) is 19.7 Å². The van der Waals surface area contributed by atoms with Gasteiger partial charge in [0.1, 0.15) is 17.6 Å². The van der Waals surface area contributed by atoms with E-state index in [4.69, 9.17) is 4.74 Å². The molecule has 1 aliphatic rings. The van der Waals surface area contributed by atoms with E-state index in [2.05, 4.69) is 15.5 Å². The number of aryl methyl sites for hydroxylation is 2. The third kappa shape index (κ3) is 3.38. The molecular formula is C20H22FN5O3. The third-order valence-electron chi connectivity index (χ3n) is 5.27. The van der Waals surface area contributed by atoms with Crippen molar-refractivity contribution in [2.24, 2.45) is 7.05 Å². The SMILES string of the molecule is Cc1nn(C)c(C)c1[C@@H]1OCC[C@H]1NC(=O)c1nn(-c2ccccc2F)cc1O. The number of halogens is 1. The van der Waals surface area contributed by atoms with E-state index >= 15 is 0 Å². The quantitative estimate of drug-likeness (QED) is 0.702. The number of aromatic hydroxyl groups is 1. The van der Waals surface area contributed by atoms with E-state index in [-0.39, 0.29) is 29.3 Å². The van der Waals surface area contributed by atoms with E-state index < -0.39 is 11.7 Å². The Morgan fingerprint density at radius 2 is 2.07 bits per heavy atom. The number of amides is 1. The number of aromatic nitrogens is 4.